The maximum atomic E-state index is 13.3. The van der Waals surface area contributed by atoms with E-state index < -0.39 is 18.1 Å². The number of aliphatic hydroxyl groups is 1. The molecule has 1 aromatic rings. The third kappa shape index (κ3) is 6.16. The van der Waals surface area contributed by atoms with E-state index in [4.69, 9.17) is 4.74 Å². The van der Waals surface area contributed by atoms with Crippen LogP contribution >= 0.6 is 0 Å². The van der Waals surface area contributed by atoms with Gasteiger partial charge in [-0.05, 0) is 36.6 Å². The lowest BCUT2D eigenvalue weighted by Crippen LogP contribution is -2.43. The topological polar surface area (TPSA) is 66.8 Å². The van der Waals surface area contributed by atoms with Crippen LogP contribution in [0.25, 0.3) is 0 Å². The number of sulfonamides is 1. The quantitative estimate of drug-likeness (QED) is 0.389. The summed E-state index contributed by atoms with van der Waals surface area (Å²) < 4.78 is 33.9. The van der Waals surface area contributed by atoms with E-state index in [9.17, 15) is 13.5 Å². The van der Waals surface area contributed by atoms with Gasteiger partial charge in [-0.15, -0.1) is 0 Å². The third-order valence-corrected chi connectivity index (χ3v) is 8.46. The van der Waals surface area contributed by atoms with Gasteiger partial charge in [0.2, 0.25) is 10.0 Å². The Bertz CT molecular complexity index is 666. The van der Waals surface area contributed by atoms with Crippen LogP contribution in [0.2, 0.25) is 25.7 Å². The molecule has 148 valence electrons. The van der Waals surface area contributed by atoms with Gasteiger partial charge in [0.1, 0.15) is 6.73 Å². The first-order valence-corrected chi connectivity index (χ1v) is 14.7. The predicted molar refractivity (Wildman–Crippen MR) is 107 cm³/mol. The molecule has 0 heterocycles. The van der Waals surface area contributed by atoms with Crippen molar-refractivity contribution < 1.29 is 18.3 Å². The fourth-order valence-corrected chi connectivity index (χ4v) is 5.61. The van der Waals surface area contributed by atoms with Crippen LogP contribution in [0.3, 0.4) is 0 Å². The molecular weight excluding hydrogens is 366 g/mol. The minimum absolute atomic E-state index is 0.00147. The lowest BCUT2D eigenvalue weighted by molar-refractivity contribution is 0.0529. The number of benzene rings is 1. The van der Waals surface area contributed by atoms with Crippen LogP contribution in [-0.2, 0) is 21.4 Å². The van der Waals surface area contributed by atoms with E-state index in [1.807, 2.05) is 0 Å². The molecule has 1 aliphatic rings. The Hall–Kier alpha value is -0.733. The van der Waals surface area contributed by atoms with Crippen LogP contribution in [0.1, 0.15) is 37.7 Å². The van der Waals surface area contributed by atoms with Gasteiger partial charge >= 0.3 is 0 Å². The summed E-state index contributed by atoms with van der Waals surface area (Å²) in [5, 5.41) is 9.34. The van der Waals surface area contributed by atoms with Gasteiger partial charge in [0, 0.05) is 20.7 Å². The van der Waals surface area contributed by atoms with Gasteiger partial charge in [-0.1, -0.05) is 51.0 Å². The summed E-state index contributed by atoms with van der Waals surface area (Å²) in [5.41, 5.74) is 0.606. The van der Waals surface area contributed by atoms with E-state index in [0.29, 0.717) is 12.2 Å². The molecule has 0 spiro atoms. The Morgan fingerprint density at radius 3 is 2.50 bits per heavy atom. The van der Waals surface area contributed by atoms with Crippen molar-refractivity contribution in [3.05, 3.63) is 29.8 Å². The Morgan fingerprint density at radius 2 is 1.88 bits per heavy atom. The predicted octanol–water partition coefficient (Wildman–Crippen LogP) is 3.81. The van der Waals surface area contributed by atoms with Crippen molar-refractivity contribution in [1.29, 1.82) is 0 Å². The van der Waals surface area contributed by atoms with Crippen molar-refractivity contribution in [2.75, 3.05) is 13.3 Å². The van der Waals surface area contributed by atoms with E-state index in [0.717, 1.165) is 31.7 Å². The Kier molecular flexibility index (Phi) is 7.85. The van der Waals surface area contributed by atoms with E-state index in [2.05, 4.69) is 19.6 Å². The van der Waals surface area contributed by atoms with Crippen LogP contribution in [-0.4, -0.2) is 45.3 Å². The summed E-state index contributed by atoms with van der Waals surface area (Å²) in [7, 11) is -4.85. The molecular formula is C19H33NO4SSi. The number of rotatable bonds is 9. The van der Waals surface area contributed by atoms with Crippen molar-refractivity contribution >= 4 is 18.1 Å². The van der Waals surface area contributed by atoms with Crippen LogP contribution in [0.4, 0.5) is 0 Å². The molecule has 0 amide bonds. The fourth-order valence-electron chi connectivity index (χ4n) is 3.21. The van der Waals surface area contributed by atoms with Gasteiger partial charge in [-0.3, -0.25) is 0 Å². The van der Waals surface area contributed by atoms with Gasteiger partial charge in [-0.2, -0.15) is 4.31 Å². The summed E-state index contributed by atoms with van der Waals surface area (Å²) in [6.45, 7) is 7.40. The second-order valence-corrected chi connectivity index (χ2v) is 15.8. The molecule has 0 radical (unpaired) electrons. The number of aliphatic hydroxyl groups excluding tert-OH is 1. The SMILES string of the molecule is C[Si](C)(C)CCOCN(C1CCCCC1)S(=O)(=O)c1cccc(CO)c1. The molecule has 7 heteroatoms. The van der Waals surface area contributed by atoms with Crippen molar-refractivity contribution in [3.63, 3.8) is 0 Å². The fraction of sp³-hybridized carbons (Fsp3) is 0.684. The van der Waals surface area contributed by atoms with Crippen LogP contribution in [0.15, 0.2) is 29.2 Å². The Balaban J connectivity index is 2.17. The molecule has 2 rings (SSSR count). The van der Waals surface area contributed by atoms with E-state index >= 15 is 0 Å². The maximum Gasteiger partial charge on any atom is 0.245 e. The summed E-state index contributed by atoms with van der Waals surface area (Å²) in [5.74, 6) is 0. The lowest BCUT2D eigenvalue weighted by atomic mass is 9.96. The summed E-state index contributed by atoms with van der Waals surface area (Å²) in [6.07, 6.45) is 5.05. The van der Waals surface area contributed by atoms with Gasteiger partial charge < -0.3 is 9.84 Å². The zero-order valence-corrected chi connectivity index (χ0v) is 18.1. The van der Waals surface area contributed by atoms with Gasteiger partial charge in [0.25, 0.3) is 0 Å². The zero-order valence-electron chi connectivity index (χ0n) is 16.3. The summed E-state index contributed by atoms with van der Waals surface area (Å²) in [4.78, 5) is 0.239. The van der Waals surface area contributed by atoms with Gasteiger partial charge in [0.15, 0.2) is 0 Å². The molecule has 1 fully saturated rings. The normalized spacial score (nSPS) is 17.0. The molecule has 1 N–H and O–H groups in total. The first kappa shape index (κ1) is 21.6. The molecule has 5 nitrogen and oxygen atoms in total. The monoisotopic (exact) mass is 399 g/mol. The Labute approximate surface area is 159 Å². The third-order valence-electron chi connectivity index (χ3n) is 4.88. The van der Waals surface area contributed by atoms with Crippen molar-refractivity contribution in [2.45, 2.75) is 75.3 Å². The highest BCUT2D eigenvalue weighted by Gasteiger charge is 2.32. The van der Waals surface area contributed by atoms with Crippen molar-refractivity contribution in [2.24, 2.45) is 0 Å². The Morgan fingerprint density at radius 1 is 1.19 bits per heavy atom. The van der Waals surface area contributed by atoms with Gasteiger partial charge in [-0.25, -0.2) is 8.42 Å². The van der Waals surface area contributed by atoms with Gasteiger partial charge in [0.05, 0.1) is 11.5 Å². The minimum atomic E-state index is -3.64. The first-order chi connectivity index (χ1) is 12.2. The van der Waals surface area contributed by atoms with Crippen LogP contribution < -0.4 is 0 Å². The maximum absolute atomic E-state index is 13.3. The molecule has 0 bridgehead atoms. The molecule has 1 saturated carbocycles. The molecule has 26 heavy (non-hydrogen) atoms. The summed E-state index contributed by atoms with van der Waals surface area (Å²) in [6, 6.07) is 7.60. The summed E-state index contributed by atoms with van der Waals surface area (Å²) >= 11 is 0. The standard InChI is InChI=1S/C19H33NO4SSi/c1-26(2,3)13-12-24-16-20(18-9-5-4-6-10-18)25(22,23)19-11-7-8-17(14-19)15-21/h7-8,11,14,18,21H,4-6,9-10,12-13,15-16H2,1-3H3. The molecule has 0 atom stereocenters. The zero-order chi connectivity index (χ0) is 19.2. The minimum Gasteiger partial charge on any atom is -0.392 e. The highest BCUT2D eigenvalue weighted by molar-refractivity contribution is 7.89. The van der Waals surface area contributed by atoms with Crippen molar-refractivity contribution in [1.82, 2.24) is 4.31 Å². The second kappa shape index (κ2) is 9.46. The molecule has 1 aromatic carbocycles. The number of hydrogen-bond donors (Lipinski definition) is 1. The van der Waals surface area contributed by atoms with Crippen LogP contribution in [0, 0.1) is 0 Å². The second-order valence-electron chi connectivity index (χ2n) is 8.34. The molecule has 0 unspecified atom stereocenters. The smallest absolute Gasteiger partial charge is 0.245 e. The van der Waals surface area contributed by atoms with Crippen molar-refractivity contribution in [3.8, 4) is 0 Å². The molecule has 0 saturated heterocycles. The number of ether oxygens (including phenoxy) is 1. The van der Waals surface area contributed by atoms with Crippen LogP contribution in [0.5, 0.6) is 0 Å². The largest absolute Gasteiger partial charge is 0.392 e. The van der Waals surface area contributed by atoms with E-state index in [-0.39, 0.29) is 24.3 Å². The average molecular weight is 400 g/mol. The molecule has 1 aliphatic carbocycles. The number of nitrogens with zero attached hydrogens (tertiary/aromatic N) is 1. The highest BCUT2D eigenvalue weighted by atomic mass is 32.2. The van der Waals surface area contributed by atoms with E-state index in [1.165, 1.54) is 6.42 Å². The van der Waals surface area contributed by atoms with E-state index in [1.54, 1.807) is 28.6 Å². The highest BCUT2D eigenvalue weighted by Crippen LogP contribution is 2.28. The molecule has 0 aliphatic heterocycles. The average Bonchev–Trinajstić information content (AvgIpc) is 2.61. The lowest BCUT2D eigenvalue weighted by Gasteiger charge is -2.33. The molecule has 0 aromatic heterocycles. The number of hydrogen-bond acceptors (Lipinski definition) is 4. The first-order valence-electron chi connectivity index (χ1n) is 9.53.